The summed E-state index contributed by atoms with van der Waals surface area (Å²) >= 11 is 0. The van der Waals surface area contributed by atoms with Crippen LogP contribution in [0, 0.1) is 5.95 Å². The fourth-order valence-corrected chi connectivity index (χ4v) is 0.597. The van der Waals surface area contributed by atoms with Gasteiger partial charge in [-0.1, -0.05) is 12.3 Å². The van der Waals surface area contributed by atoms with Crippen LogP contribution in [0.1, 0.15) is 0 Å². The third-order valence-corrected chi connectivity index (χ3v) is 1.08. The number of halogens is 1. The van der Waals surface area contributed by atoms with Gasteiger partial charge in [0.2, 0.25) is 5.95 Å². The van der Waals surface area contributed by atoms with Crippen LogP contribution in [-0.2, 0) is 0 Å². The van der Waals surface area contributed by atoms with Crippen molar-refractivity contribution < 1.29 is 4.39 Å². The summed E-state index contributed by atoms with van der Waals surface area (Å²) < 4.78 is 12.2. The number of aromatic nitrogens is 1. The lowest BCUT2D eigenvalue weighted by molar-refractivity contribution is 0.585. The quantitative estimate of drug-likeness (QED) is 0.392. The summed E-state index contributed by atoms with van der Waals surface area (Å²) in [6.07, 6.45) is 1.45. The summed E-state index contributed by atoms with van der Waals surface area (Å²) in [6, 6.07) is 3.14. The molecule has 0 aliphatic rings. The van der Waals surface area contributed by atoms with E-state index in [4.69, 9.17) is 0 Å². The van der Waals surface area contributed by atoms with E-state index in [-0.39, 0.29) is 0 Å². The Balaban J connectivity index is 2.94. The molecule has 1 aromatic heterocycles. The highest BCUT2D eigenvalue weighted by Gasteiger charge is 1.91. The van der Waals surface area contributed by atoms with Crippen molar-refractivity contribution in [2.24, 2.45) is 0 Å². The highest BCUT2D eigenvalue weighted by Crippen LogP contribution is 1.85. The molecule has 3 heteroatoms. The van der Waals surface area contributed by atoms with E-state index in [2.05, 4.69) is 4.98 Å². The van der Waals surface area contributed by atoms with Crippen LogP contribution in [0.5, 0.6) is 0 Å². The highest BCUT2D eigenvalue weighted by atomic mass is 19.1. The first-order valence-corrected chi connectivity index (χ1v) is 2.74. The minimum absolute atomic E-state index is 0.425. The lowest BCUT2D eigenvalue weighted by atomic mass is 9.74. The van der Waals surface area contributed by atoms with Crippen LogP contribution in [0.3, 0.4) is 0 Å². The van der Waals surface area contributed by atoms with Crippen molar-refractivity contribution in [1.82, 2.24) is 4.98 Å². The molecule has 45 valence electrons. The van der Waals surface area contributed by atoms with Crippen LogP contribution in [0.4, 0.5) is 4.39 Å². The van der Waals surface area contributed by atoms with Gasteiger partial charge in [-0.15, -0.1) is 0 Å². The average molecular weight is 122 g/mol. The monoisotopic (exact) mass is 122 g/mol. The smallest absolute Gasteiger partial charge is 0.212 e. The standard InChI is InChI=1S/C6H6BFN/c1-7-5-2-3-9-6(8)4-5/h2-4H,1H3. The fourth-order valence-electron chi connectivity index (χ4n) is 0.597. The van der Waals surface area contributed by atoms with E-state index in [1.165, 1.54) is 12.3 Å². The van der Waals surface area contributed by atoms with Gasteiger partial charge in [0.1, 0.15) is 7.28 Å². The summed E-state index contributed by atoms with van der Waals surface area (Å²) in [5, 5.41) is 0. The molecule has 0 fully saturated rings. The van der Waals surface area contributed by atoms with Gasteiger partial charge < -0.3 is 0 Å². The summed E-state index contributed by atoms with van der Waals surface area (Å²) in [4.78, 5) is 3.40. The predicted molar refractivity (Wildman–Crippen MR) is 35.4 cm³/mol. The van der Waals surface area contributed by atoms with Gasteiger partial charge in [-0.25, -0.2) is 4.98 Å². The van der Waals surface area contributed by atoms with E-state index in [9.17, 15) is 4.39 Å². The van der Waals surface area contributed by atoms with Crippen LogP contribution in [0.2, 0.25) is 6.82 Å². The number of pyridine rings is 1. The maximum absolute atomic E-state index is 12.2. The van der Waals surface area contributed by atoms with Gasteiger partial charge in [-0.2, -0.15) is 4.39 Å². The van der Waals surface area contributed by atoms with Crippen molar-refractivity contribution >= 4 is 12.7 Å². The molecule has 0 bridgehead atoms. The summed E-state index contributed by atoms with van der Waals surface area (Å²) in [5.41, 5.74) is 0.863. The van der Waals surface area contributed by atoms with E-state index in [1.54, 1.807) is 6.07 Å². The van der Waals surface area contributed by atoms with Crippen LogP contribution in [0.25, 0.3) is 0 Å². The highest BCUT2D eigenvalue weighted by molar-refractivity contribution is 6.51. The second-order valence-electron chi connectivity index (χ2n) is 1.70. The molecule has 0 saturated carbocycles. The second-order valence-corrected chi connectivity index (χ2v) is 1.70. The third-order valence-electron chi connectivity index (χ3n) is 1.08. The van der Waals surface area contributed by atoms with Gasteiger partial charge in [-0.05, 0) is 12.1 Å². The molecule has 0 aliphatic heterocycles. The molecule has 0 atom stereocenters. The molecule has 1 aromatic rings. The van der Waals surface area contributed by atoms with Crippen molar-refractivity contribution in [3.05, 3.63) is 24.3 Å². The Labute approximate surface area is 54.2 Å². The number of hydrogen-bond donors (Lipinski definition) is 0. The van der Waals surface area contributed by atoms with E-state index >= 15 is 0 Å². The van der Waals surface area contributed by atoms with Crippen molar-refractivity contribution in [2.75, 3.05) is 0 Å². The lowest BCUT2D eigenvalue weighted by Crippen LogP contribution is -2.10. The Morgan fingerprint density at radius 3 is 2.89 bits per heavy atom. The molecular formula is C6H6BFN. The molecule has 0 spiro atoms. The van der Waals surface area contributed by atoms with Gasteiger partial charge in [0.15, 0.2) is 0 Å². The molecular weight excluding hydrogens is 116 g/mol. The zero-order chi connectivity index (χ0) is 6.69. The topological polar surface area (TPSA) is 12.9 Å². The molecule has 0 amide bonds. The largest absolute Gasteiger partial charge is 0.228 e. The molecule has 1 heterocycles. The third kappa shape index (κ3) is 1.52. The predicted octanol–water partition coefficient (Wildman–Crippen LogP) is 0.598. The Morgan fingerprint density at radius 2 is 2.44 bits per heavy atom. The minimum atomic E-state index is -0.425. The molecule has 0 aliphatic carbocycles. The van der Waals surface area contributed by atoms with Gasteiger partial charge in [-0.3, -0.25) is 0 Å². The molecule has 9 heavy (non-hydrogen) atoms. The van der Waals surface area contributed by atoms with Gasteiger partial charge in [0.05, 0.1) is 0 Å². The Bertz CT molecular complexity index is 202. The van der Waals surface area contributed by atoms with E-state index in [0.29, 0.717) is 0 Å². The summed E-state index contributed by atoms with van der Waals surface area (Å²) in [7, 11) is 1.82. The van der Waals surface area contributed by atoms with Crippen molar-refractivity contribution in [2.45, 2.75) is 6.82 Å². The number of rotatable bonds is 1. The first kappa shape index (κ1) is 6.27. The van der Waals surface area contributed by atoms with Crippen molar-refractivity contribution in [3.8, 4) is 0 Å². The van der Waals surface area contributed by atoms with E-state index in [1.807, 2.05) is 14.1 Å². The molecule has 0 unspecified atom stereocenters. The maximum atomic E-state index is 12.2. The first-order chi connectivity index (χ1) is 4.33. The molecule has 1 rings (SSSR count). The number of nitrogens with zero attached hydrogens (tertiary/aromatic N) is 1. The Morgan fingerprint density at radius 1 is 1.67 bits per heavy atom. The van der Waals surface area contributed by atoms with Crippen molar-refractivity contribution in [3.63, 3.8) is 0 Å². The molecule has 0 N–H and O–H groups in total. The minimum Gasteiger partial charge on any atom is -0.228 e. The van der Waals surface area contributed by atoms with Gasteiger partial charge in [0.25, 0.3) is 0 Å². The van der Waals surface area contributed by atoms with Crippen molar-refractivity contribution in [1.29, 1.82) is 0 Å². The summed E-state index contributed by atoms with van der Waals surface area (Å²) in [6.45, 7) is 1.86. The lowest BCUT2D eigenvalue weighted by Gasteiger charge is -1.91. The van der Waals surface area contributed by atoms with Gasteiger partial charge >= 0.3 is 0 Å². The number of hydrogen-bond acceptors (Lipinski definition) is 1. The molecule has 0 aromatic carbocycles. The van der Waals surface area contributed by atoms with Gasteiger partial charge in [0, 0.05) is 6.20 Å². The Hall–Kier alpha value is -0.855. The summed E-state index contributed by atoms with van der Waals surface area (Å²) in [5.74, 6) is -0.425. The normalized spacial score (nSPS) is 9.11. The molecule has 1 radical (unpaired) electrons. The fraction of sp³-hybridized carbons (Fsp3) is 0.167. The first-order valence-electron chi connectivity index (χ1n) is 2.74. The zero-order valence-corrected chi connectivity index (χ0v) is 5.13. The molecule has 1 nitrogen and oxygen atoms in total. The van der Waals surface area contributed by atoms with Crippen LogP contribution in [-0.4, -0.2) is 12.3 Å². The second kappa shape index (κ2) is 2.62. The average Bonchev–Trinajstić information content (AvgIpc) is 1.88. The van der Waals surface area contributed by atoms with Crippen LogP contribution in [0.15, 0.2) is 18.3 Å². The molecule has 0 saturated heterocycles. The Kier molecular flexibility index (Phi) is 1.83. The van der Waals surface area contributed by atoms with E-state index < -0.39 is 5.95 Å². The van der Waals surface area contributed by atoms with Crippen LogP contribution >= 0.6 is 0 Å². The van der Waals surface area contributed by atoms with E-state index in [0.717, 1.165) is 5.46 Å². The zero-order valence-electron chi connectivity index (χ0n) is 5.13. The van der Waals surface area contributed by atoms with Crippen LogP contribution < -0.4 is 5.46 Å². The maximum Gasteiger partial charge on any atom is 0.212 e. The SMILES string of the molecule is C[B]c1ccnc(F)c1.